The summed E-state index contributed by atoms with van der Waals surface area (Å²) in [7, 11) is -1.37. The van der Waals surface area contributed by atoms with Crippen LogP contribution in [-0.4, -0.2) is 51.4 Å². The van der Waals surface area contributed by atoms with Gasteiger partial charge in [-0.2, -0.15) is 0 Å². The van der Waals surface area contributed by atoms with Crippen molar-refractivity contribution in [2.75, 3.05) is 25.1 Å². The molecule has 152 valence electrons. The molecule has 0 saturated carbocycles. The van der Waals surface area contributed by atoms with E-state index in [4.69, 9.17) is 23.2 Å². The molecule has 7 nitrogen and oxygen atoms in total. The number of amides is 1. The van der Waals surface area contributed by atoms with E-state index in [1.165, 1.54) is 0 Å². The zero-order valence-electron chi connectivity index (χ0n) is 14.8. The van der Waals surface area contributed by atoms with Crippen LogP contribution < -0.4 is 16.0 Å². The average Bonchev–Trinajstić information content (AvgIpc) is 2.90. The van der Waals surface area contributed by atoms with Gasteiger partial charge < -0.3 is 16.0 Å². The van der Waals surface area contributed by atoms with E-state index in [1.54, 1.807) is 19.2 Å². The second-order valence-corrected chi connectivity index (χ2v) is 9.08. The summed E-state index contributed by atoms with van der Waals surface area (Å²) in [5, 5.41) is 10.0. The normalized spacial score (nSPS) is 18.5. The van der Waals surface area contributed by atoms with Gasteiger partial charge in [-0.3, -0.25) is 9.79 Å². The monoisotopic (exact) mass is 548 g/mol. The highest BCUT2D eigenvalue weighted by Gasteiger charge is 2.28. The molecular formula is C16H23Cl2IN4O3S. The third kappa shape index (κ3) is 8.41. The van der Waals surface area contributed by atoms with Crippen molar-refractivity contribution >= 4 is 68.9 Å². The fraction of sp³-hybridized carbons (Fsp3) is 0.500. The number of nitrogens with one attached hydrogen (secondary N) is 3. The number of hydrogen-bond donors (Lipinski definition) is 3. The van der Waals surface area contributed by atoms with Crippen molar-refractivity contribution < 1.29 is 13.2 Å². The first-order chi connectivity index (χ1) is 12.3. The molecule has 0 spiro atoms. The van der Waals surface area contributed by atoms with Gasteiger partial charge in [-0.15, -0.1) is 24.0 Å². The Morgan fingerprint density at radius 2 is 2.04 bits per heavy atom. The molecule has 0 bridgehead atoms. The van der Waals surface area contributed by atoms with Crippen LogP contribution >= 0.6 is 47.2 Å². The zero-order valence-corrected chi connectivity index (χ0v) is 19.5. The lowest BCUT2D eigenvalue weighted by molar-refractivity contribution is -0.121. The molecule has 1 amide bonds. The molecule has 1 aromatic rings. The summed E-state index contributed by atoms with van der Waals surface area (Å²) < 4.78 is 22.8. The minimum Gasteiger partial charge on any atom is -0.356 e. The van der Waals surface area contributed by atoms with Gasteiger partial charge in [0.05, 0.1) is 11.5 Å². The van der Waals surface area contributed by atoms with Crippen LogP contribution in [-0.2, 0) is 21.2 Å². The Kier molecular flexibility index (Phi) is 10.1. The highest BCUT2D eigenvalue weighted by atomic mass is 127. The maximum absolute atomic E-state index is 11.9. The first-order valence-corrected chi connectivity index (χ1v) is 10.7. The Hall–Kier alpha value is -0.780. The summed E-state index contributed by atoms with van der Waals surface area (Å²) in [6.45, 7) is 0.834. The smallest absolute Gasteiger partial charge is 0.222 e. The van der Waals surface area contributed by atoms with E-state index in [1.807, 2.05) is 6.07 Å². The third-order valence-corrected chi connectivity index (χ3v) is 6.28. The van der Waals surface area contributed by atoms with Gasteiger partial charge in [0.15, 0.2) is 15.8 Å². The largest absolute Gasteiger partial charge is 0.356 e. The van der Waals surface area contributed by atoms with Crippen molar-refractivity contribution in [2.24, 2.45) is 4.99 Å². The maximum atomic E-state index is 11.9. The van der Waals surface area contributed by atoms with Gasteiger partial charge in [-0.25, -0.2) is 8.42 Å². The number of sulfone groups is 1. The zero-order chi connectivity index (χ0) is 19.2. The number of nitrogens with zero attached hydrogens (tertiary/aromatic N) is 1. The molecule has 2 rings (SSSR count). The van der Waals surface area contributed by atoms with Crippen LogP contribution in [0, 0.1) is 0 Å². The fourth-order valence-electron chi connectivity index (χ4n) is 2.57. The van der Waals surface area contributed by atoms with Gasteiger partial charge in [0, 0.05) is 42.6 Å². The van der Waals surface area contributed by atoms with E-state index in [-0.39, 0.29) is 53.9 Å². The van der Waals surface area contributed by atoms with Crippen molar-refractivity contribution in [3.05, 3.63) is 33.8 Å². The summed E-state index contributed by atoms with van der Waals surface area (Å²) in [4.78, 5) is 16.0. The van der Waals surface area contributed by atoms with E-state index in [0.717, 1.165) is 5.56 Å². The second kappa shape index (κ2) is 11.3. The lowest BCUT2D eigenvalue weighted by Crippen LogP contribution is -2.41. The summed E-state index contributed by atoms with van der Waals surface area (Å²) >= 11 is 12.0. The number of carbonyl (C=O) groups is 1. The predicted molar refractivity (Wildman–Crippen MR) is 120 cm³/mol. The lowest BCUT2D eigenvalue weighted by atomic mass is 10.2. The van der Waals surface area contributed by atoms with Crippen LogP contribution in [0.1, 0.15) is 18.4 Å². The molecule has 1 aliphatic heterocycles. The molecule has 11 heteroatoms. The summed E-state index contributed by atoms with van der Waals surface area (Å²) in [6.07, 6.45) is 0.700. The molecule has 0 aromatic heterocycles. The Labute approximate surface area is 186 Å². The number of carbonyl (C=O) groups excluding carboxylic acids is 1. The first kappa shape index (κ1) is 24.3. The fourth-order valence-corrected chi connectivity index (χ4v) is 4.72. The Morgan fingerprint density at radius 3 is 2.63 bits per heavy atom. The molecule has 1 aromatic carbocycles. The SMILES string of the molecule is CN=C(NCCC(=O)NC1CCS(=O)(=O)C1)NCc1ccc(Cl)cc1Cl.I. The van der Waals surface area contributed by atoms with Crippen molar-refractivity contribution in [2.45, 2.75) is 25.4 Å². The second-order valence-electron chi connectivity index (χ2n) is 6.01. The molecule has 3 N–H and O–H groups in total. The van der Waals surface area contributed by atoms with Crippen molar-refractivity contribution in [3.8, 4) is 0 Å². The molecule has 0 aliphatic carbocycles. The van der Waals surface area contributed by atoms with Gasteiger partial charge in [-0.05, 0) is 24.1 Å². The lowest BCUT2D eigenvalue weighted by Gasteiger charge is -2.14. The molecule has 1 atom stereocenters. The molecule has 1 unspecified atom stereocenters. The Balaban J connectivity index is 0.00000364. The van der Waals surface area contributed by atoms with Gasteiger partial charge in [-0.1, -0.05) is 29.3 Å². The van der Waals surface area contributed by atoms with E-state index in [9.17, 15) is 13.2 Å². The van der Waals surface area contributed by atoms with Crippen LogP contribution in [0.4, 0.5) is 0 Å². The third-order valence-electron chi connectivity index (χ3n) is 3.93. The van der Waals surface area contributed by atoms with Gasteiger partial charge in [0.2, 0.25) is 5.91 Å². The molecular weight excluding hydrogens is 526 g/mol. The number of hydrogen-bond acceptors (Lipinski definition) is 4. The highest BCUT2D eigenvalue weighted by Crippen LogP contribution is 2.20. The number of aliphatic imine (C=N–C) groups is 1. The van der Waals surface area contributed by atoms with E-state index in [2.05, 4.69) is 20.9 Å². The van der Waals surface area contributed by atoms with E-state index in [0.29, 0.717) is 35.5 Å². The van der Waals surface area contributed by atoms with Gasteiger partial charge in [0.25, 0.3) is 0 Å². The number of halogens is 3. The van der Waals surface area contributed by atoms with Crippen LogP contribution in [0.15, 0.2) is 23.2 Å². The van der Waals surface area contributed by atoms with Gasteiger partial charge in [0.1, 0.15) is 0 Å². The van der Waals surface area contributed by atoms with Crippen LogP contribution in [0.5, 0.6) is 0 Å². The van der Waals surface area contributed by atoms with Gasteiger partial charge >= 0.3 is 0 Å². The standard InChI is InChI=1S/C16H22Cl2N4O3S.HI/c1-19-16(21-9-11-2-3-12(17)8-14(11)18)20-6-4-15(23)22-13-5-7-26(24,25)10-13;/h2-3,8,13H,4-7,9-10H2,1H3,(H,22,23)(H2,19,20,21);1H. The quantitative estimate of drug-likeness (QED) is 0.287. The van der Waals surface area contributed by atoms with Crippen molar-refractivity contribution in [3.63, 3.8) is 0 Å². The Bertz CT molecular complexity index is 790. The molecule has 1 fully saturated rings. The minimum absolute atomic E-state index is 0. The van der Waals surface area contributed by atoms with Crippen molar-refractivity contribution in [1.29, 1.82) is 0 Å². The molecule has 1 aliphatic rings. The number of benzene rings is 1. The average molecular weight is 549 g/mol. The van der Waals surface area contributed by atoms with E-state index >= 15 is 0 Å². The summed E-state index contributed by atoms with van der Waals surface area (Å²) in [5.41, 5.74) is 0.874. The van der Waals surface area contributed by atoms with Crippen LogP contribution in [0.2, 0.25) is 10.0 Å². The van der Waals surface area contributed by atoms with E-state index < -0.39 is 9.84 Å². The maximum Gasteiger partial charge on any atom is 0.222 e. The van der Waals surface area contributed by atoms with Crippen LogP contribution in [0.25, 0.3) is 0 Å². The molecule has 1 heterocycles. The summed E-state index contributed by atoms with van der Waals surface area (Å²) in [5.74, 6) is 0.514. The topological polar surface area (TPSA) is 99.7 Å². The predicted octanol–water partition coefficient (Wildman–Crippen LogP) is 1.97. The molecule has 1 saturated heterocycles. The number of rotatable bonds is 6. The van der Waals surface area contributed by atoms with Crippen LogP contribution in [0.3, 0.4) is 0 Å². The first-order valence-electron chi connectivity index (χ1n) is 8.17. The highest BCUT2D eigenvalue weighted by molar-refractivity contribution is 14.0. The Morgan fingerprint density at radius 1 is 1.30 bits per heavy atom. The minimum atomic E-state index is -3.00. The molecule has 27 heavy (non-hydrogen) atoms. The molecule has 0 radical (unpaired) electrons. The van der Waals surface area contributed by atoms with Crippen molar-refractivity contribution in [1.82, 2.24) is 16.0 Å². The summed E-state index contributed by atoms with van der Waals surface area (Å²) in [6, 6.07) is 4.98. The number of guanidine groups is 1.